The molecule has 9 nitrogen and oxygen atoms in total. The summed E-state index contributed by atoms with van der Waals surface area (Å²) in [6, 6.07) is 24.9. The summed E-state index contributed by atoms with van der Waals surface area (Å²) < 4.78 is 18.6. The Bertz CT molecular complexity index is 1540. The second-order valence-corrected chi connectivity index (χ2v) is 13.9. The summed E-state index contributed by atoms with van der Waals surface area (Å²) in [4.78, 5) is 29.1. The third-order valence-electron chi connectivity index (χ3n) is 10.4. The van der Waals surface area contributed by atoms with E-state index >= 15 is 0 Å². The number of ether oxygens (including phenoxy) is 3. The Balaban J connectivity index is 1.19. The summed E-state index contributed by atoms with van der Waals surface area (Å²) >= 11 is 0. The fraction of sp³-hybridized carbons (Fsp3) is 0.500. The lowest BCUT2D eigenvalue weighted by Gasteiger charge is -2.43. The van der Waals surface area contributed by atoms with Gasteiger partial charge in [-0.2, -0.15) is 0 Å². The zero-order valence-corrected chi connectivity index (χ0v) is 29.1. The summed E-state index contributed by atoms with van der Waals surface area (Å²) in [5.41, 5.74) is 5.90. The fourth-order valence-electron chi connectivity index (χ4n) is 7.57. The summed E-state index contributed by atoms with van der Waals surface area (Å²) in [6.07, 6.45) is 3.52. The van der Waals surface area contributed by atoms with Crippen LogP contribution in [0.3, 0.4) is 0 Å². The molecule has 262 valence electrons. The maximum atomic E-state index is 12.5. The molecule has 0 aliphatic carbocycles. The van der Waals surface area contributed by atoms with E-state index in [4.69, 9.17) is 14.2 Å². The van der Waals surface area contributed by atoms with E-state index in [1.54, 1.807) is 6.92 Å². The zero-order valence-electron chi connectivity index (χ0n) is 29.1. The van der Waals surface area contributed by atoms with E-state index in [2.05, 4.69) is 58.4 Å². The van der Waals surface area contributed by atoms with Gasteiger partial charge in [0.1, 0.15) is 0 Å². The molecule has 1 amide bonds. The number of rotatable bonds is 12. The standard InChI is InChI=1S/C40H51N3O6/c1-27-37(25-43-22-8-10-35(43)24-42-20-6-7-21-42)48-40(49-38(27)32-14-12-30(26-44)13-15-32)33-18-16-31(17-19-33)36-11-5-4-9-34(36)23-41-39(46)28(2)47-29(3)45/h4-5,9,11-19,27-28,35,37-38,40,44H,6-8,10,20-26H2,1-3H3,(H,41,46)/t27-,28+,35+,37+,38+,40+/m1/s1. The molecule has 9 heteroatoms. The molecule has 3 fully saturated rings. The number of aliphatic hydroxyl groups excluding tert-OH is 1. The molecule has 0 spiro atoms. The average Bonchev–Trinajstić information content (AvgIpc) is 3.80. The third kappa shape index (κ3) is 8.77. The van der Waals surface area contributed by atoms with Crippen LogP contribution in [0.15, 0.2) is 72.8 Å². The van der Waals surface area contributed by atoms with Gasteiger partial charge in [0.05, 0.1) is 18.8 Å². The third-order valence-corrected chi connectivity index (χ3v) is 10.4. The van der Waals surface area contributed by atoms with Crippen molar-refractivity contribution < 1.29 is 28.9 Å². The Labute approximate surface area is 290 Å². The molecule has 0 saturated carbocycles. The molecule has 3 aliphatic heterocycles. The lowest BCUT2D eigenvalue weighted by molar-refractivity contribution is -0.276. The Morgan fingerprint density at radius 3 is 2.35 bits per heavy atom. The number of esters is 1. The molecule has 3 aromatic carbocycles. The highest BCUT2D eigenvalue weighted by atomic mass is 16.7. The zero-order chi connectivity index (χ0) is 34.3. The van der Waals surface area contributed by atoms with Gasteiger partial charge in [0, 0.05) is 44.1 Å². The Hall–Kier alpha value is -3.60. The van der Waals surface area contributed by atoms with Gasteiger partial charge in [-0.1, -0.05) is 79.7 Å². The van der Waals surface area contributed by atoms with Gasteiger partial charge in [-0.05, 0) is 80.1 Å². The number of benzene rings is 3. The van der Waals surface area contributed by atoms with Gasteiger partial charge in [-0.15, -0.1) is 0 Å². The molecule has 6 atom stereocenters. The van der Waals surface area contributed by atoms with Gasteiger partial charge < -0.3 is 29.5 Å². The Kier molecular flexibility index (Phi) is 11.8. The van der Waals surface area contributed by atoms with E-state index in [9.17, 15) is 14.7 Å². The van der Waals surface area contributed by atoms with Crippen LogP contribution in [0.25, 0.3) is 11.1 Å². The highest BCUT2D eigenvalue weighted by Gasteiger charge is 2.41. The van der Waals surface area contributed by atoms with Crippen molar-refractivity contribution in [2.45, 2.75) is 90.2 Å². The fourth-order valence-corrected chi connectivity index (χ4v) is 7.57. The molecule has 0 radical (unpaired) electrons. The Morgan fingerprint density at radius 1 is 0.918 bits per heavy atom. The monoisotopic (exact) mass is 669 g/mol. The smallest absolute Gasteiger partial charge is 0.303 e. The van der Waals surface area contributed by atoms with E-state index in [1.807, 2.05) is 36.4 Å². The summed E-state index contributed by atoms with van der Waals surface area (Å²) in [5.74, 6) is -0.694. The SMILES string of the molecule is CC(=O)O[C@@H](C)C(=O)NCc1ccccc1-c1ccc([C@H]2O[C@@H](CN3CCC[C@H]3CN3CCCC3)[C@@H](C)[C@@H](c3ccc(CO)cc3)O2)cc1. The topological polar surface area (TPSA) is 101 Å². The van der Waals surface area contributed by atoms with Crippen molar-refractivity contribution in [3.63, 3.8) is 0 Å². The normalized spacial score (nSPS) is 25.3. The van der Waals surface area contributed by atoms with E-state index in [1.165, 1.54) is 45.7 Å². The number of hydrogen-bond acceptors (Lipinski definition) is 8. The van der Waals surface area contributed by atoms with Crippen molar-refractivity contribution in [3.05, 3.63) is 95.1 Å². The van der Waals surface area contributed by atoms with Crippen molar-refractivity contribution in [2.24, 2.45) is 5.92 Å². The molecule has 49 heavy (non-hydrogen) atoms. The van der Waals surface area contributed by atoms with Gasteiger partial charge in [0.2, 0.25) is 0 Å². The summed E-state index contributed by atoms with van der Waals surface area (Å²) in [5, 5.41) is 12.5. The van der Waals surface area contributed by atoms with Crippen molar-refractivity contribution in [3.8, 4) is 11.1 Å². The van der Waals surface area contributed by atoms with E-state index < -0.39 is 18.4 Å². The lowest BCUT2D eigenvalue weighted by atomic mass is 9.89. The van der Waals surface area contributed by atoms with Gasteiger partial charge >= 0.3 is 5.97 Å². The van der Waals surface area contributed by atoms with Crippen molar-refractivity contribution >= 4 is 11.9 Å². The van der Waals surface area contributed by atoms with Crippen LogP contribution in [-0.4, -0.2) is 77.8 Å². The highest BCUT2D eigenvalue weighted by Crippen LogP contribution is 2.42. The van der Waals surface area contributed by atoms with E-state index in [0.29, 0.717) is 12.6 Å². The van der Waals surface area contributed by atoms with Crippen LogP contribution >= 0.6 is 0 Å². The predicted molar refractivity (Wildman–Crippen MR) is 188 cm³/mol. The minimum Gasteiger partial charge on any atom is -0.453 e. The maximum absolute atomic E-state index is 12.5. The van der Waals surface area contributed by atoms with Crippen molar-refractivity contribution in [1.29, 1.82) is 0 Å². The summed E-state index contributed by atoms with van der Waals surface area (Å²) in [7, 11) is 0. The molecule has 0 bridgehead atoms. The molecule has 3 aliphatic rings. The largest absolute Gasteiger partial charge is 0.453 e. The first-order chi connectivity index (χ1) is 23.8. The van der Waals surface area contributed by atoms with Gasteiger partial charge in [0.25, 0.3) is 5.91 Å². The molecule has 3 saturated heterocycles. The molecule has 6 rings (SSSR count). The number of hydrogen-bond donors (Lipinski definition) is 2. The molecule has 3 heterocycles. The molecule has 0 aromatic heterocycles. The molecule has 0 unspecified atom stereocenters. The molecule has 2 N–H and O–H groups in total. The predicted octanol–water partition coefficient (Wildman–Crippen LogP) is 5.77. The van der Waals surface area contributed by atoms with Crippen LogP contribution in [0.5, 0.6) is 0 Å². The summed E-state index contributed by atoms with van der Waals surface area (Å²) in [6.45, 7) is 11.0. The molecular formula is C40H51N3O6. The molecule has 3 aromatic rings. The van der Waals surface area contributed by atoms with Crippen LogP contribution in [0.2, 0.25) is 0 Å². The second-order valence-electron chi connectivity index (χ2n) is 13.9. The first kappa shape index (κ1) is 35.2. The van der Waals surface area contributed by atoms with Crippen molar-refractivity contribution in [2.75, 3.05) is 32.7 Å². The van der Waals surface area contributed by atoms with Crippen LogP contribution in [0.1, 0.15) is 81.1 Å². The quantitative estimate of drug-likeness (QED) is 0.235. The van der Waals surface area contributed by atoms with E-state index in [0.717, 1.165) is 53.0 Å². The van der Waals surface area contributed by atoms with Gasteiger partial charge in [0.15, 0.2) is 12.4 Å². The van der Waals surface area contributed by atoms with Crippen LogP contribution in [-0.2, 0) is 37.0 Å². The van der Waals surface area contributed by atoms with Crippen LogP contribution in [0.4, 0.5) is 0 Å². The minimum atomic E-state index is -0.858. The highest BCUT2D eigenvalue weighted by molar-refractivity contribution is 5.83. The first-order valence-corrected chi connectivity index (χ1v) is 17.9. The van der Waals surface area contributed by atoms with Crippen LogP contribution < -0.4 is 5.32 Å². The minimum absolute atomic E-state index is 0.0122. The van der Waals surface area contributed by atoms with Gasteiger partial charge in [-0.25, -0.2) is 0 Å². The maximum Gasteiger partial charge on any atom is 0.303 e. The number of amides is 1. The van der Waals surface area contributed by atoms with Crippen LogP contribution in [0, 0.1) is 5.92 Å². The van der Waals surface area contributed by atoms with Crippen molar-refractivity contribution in [1.82, 2.24) is 15.1 Å². The number of aliphatic hydroxyl groups is 1. The number of nitrogens with zero attached hydrogens (tertiary/aromatic N) is 2. The van der Waals surface area contributed by atoms with Gasteiger partial charge in [-0.3, -0.25) is 14.5 Å². The second kappa shape index (κ2) is 16.4. The molecular weight excluding hydrogens is 618 g/mol. The number of carbonyl (C=O) groups is 2. The number of likely N-dealkylation sites (tertiary alicyclic amines) is 2. The lowest BCUT2D eigenvalue weighted by Crippen LogP contribution is -2.48. The van der Waals surface area contributed by atoms with E-state index in [-0.39, 0.29) is 30.6 Å². The average molecular weight is 670 g/mol. The Morgan fingerprint density at radius 2 is 1.63 bits per heavy atom. The number of nitrogens with one attached hydrogen (secondary N) is 1. The first-order valence-electron chi connectivity index (χ1n) is 17.9. The number of carbonyl (C=O) groups excluding carboxylic acids is 2.